The van der Waals surface area contributed by atoms with E-state index in [1.54, 1.807) is 6.92 Å². The number of rotatable bonds is 6. The third kappa shape index (κ3) is 4.89. The zero-order valence-corrected chi connectivity index (χ0v) is 16.6. The van der Waals surface area contributed by atoms with Crippen molar-refractivity contribution in [3.8, 4) is 0 Å². The molecular weight excluding hydrogens is 400 g/mol. The second-order valence-corrected chi connectivity index (χ2v) is 8.93. The number of carbonyl (C=O) groups excluding carboxylic acids is 1. The number of hydrogen-bond donors (Lipinski definition) is 3. The number of amides is 1. The van der Waals surface area contributed by atoms with Crippen LogP contribution in [0.15, 0.2) is 12.1 Å². The van der Waals surface area contributed by atoms with Crippen LogP contribution in [0.25, 0.3) is 0 Å². The lowest BCUT2D eigenvalue weighted by atomic mass is 9.92. The summed E-state index contributed by atoms with van der Waals surface area (Å²) in [6, 6.07) is 1.57. The molecule has 0 bridgehead atoms. The van der Waals surface area contributed by atoms with Crippen molar-refractivity contribution in [1.29, 1.82) is 0 Å². The number of anilines is 2. The average molecular weight is 424 g/mol. The molecule has 2 fully saturated rings. The van der Waals surface area contributed by atoms with Gasteiger partial charge in [-0.2, -0.15) is 0 Å². The minimum atomic E-state index is -3.72. The first kappa shape index (κ1) is 21.8. The maximum atomic E-state index is 14.0. The third-order valence-corrected chi connectivity index (χ3v) is 6.64. The number of nitrogens with one attached hydrogen (secondary N) is 3. The van der Waals surface area contributed by atoms with Crippen molar-refractivity contribution in [1.82, 2.24) is 5.32 Å². The van der Waals surface area contributed by atoms with Gasteiger partial charge in [0.15, 0.2) is 0 Å². The van der Waals surface area contributed by atoms with E-state index in [9.17, 15) is 22.0 Å². The van der Waals surface area contributed by atoms with E-state index in [4.69, 9.17) is 0 Å². The van der Waals surface area contributed by atoms with Gasteiger partial charge in [0, 0.05) is 12.0 Å². The first-order valence-electron chi connectivity index (χ1n) is 8.77. The number of halogens is 3. The Kier molecular flexibility index (Phi) is 6.70. The molecule has 1 spiro atoms. The fraction of sp³-hybridized carbons (Fsp3) is 0.588. The van der Waals surface area contributed by atoms with Crippen LogP contribution in [-0.4, -0.2) is 33.2 Å². The Hall–Kier alpha value is -1.45. The maximum Gasteiger partial charge on any atom is 0.232 e. The van der Waals surface area contributed by atoms with Crippen molar-refractivity contribution in [3.63, 3.8) is 0 Å². The number of benzene rings is 1. The summed E-state index contributed by atoms with van der Waals surface area (Å²) in [5.74, 6) is -2.63. The molecule has 1 saturated carbocycles. The Morgan fingerprint density at radius 2 is 1.85 bits per heavy atom. The maximum absolute atomic E-state index is 14.0. The van der Waals surface area contributed by atoms with E-state index in [1.165, 1.54) is 0 Å². The highest BCUT2D eigenvalue weighted by molar-refractivity contribution is 7.92. The first-order valence-corrected chi connectivity index (χ1v) is 10.4. The van der Waals surface area contributed by atoms with Crippen molar-refractivity contribution >= 4 is 39.7 Å². The van der Waals surface area contributed by atoms with E-state index < -0.39 is 21.7 Å². The monoisotopic (exact) mass is 423 g/mol. The van der Waals surface area contributed by atoms with Crippen LogP contribution in [-0.2, 0) is 14.8 Å². The van der Waals surface area contributed by atoms with E-state index in [2.05, 4.69) is 15.4 Å². The predicted molar refractivity (Wildman–Crippen MR) is 103 cm³/mol. The molecule has 10 heteroatoms. The topological polar surface area (TPSA) is 87.3 Å². The summed E-state index contributed by atoms with van der Waals surface area (Å²) < 4.78 is 53.7. The molecule has 0 aromatic heterocycles. The quantitative estimate of drug-likeness (QED) is 0.656. The summed E-state index contributed by atoms with van der Waals surface area (Å²) in [4.78, 5) is 12.5. The Balaban J connectivity index is 0.00000261. The second-order valence-electron chi connectivity index (χ2n) is 7.09. The molecule has 0 radical (unpaired) electrons. The van der Waals surface area contributed by atoms with Crippen LogP contribution >= 0.6 is 12.4 Å². The molecule has 27 heavy (non-hydrogen) atoms. The van der Waals surface area contributed by atoms with Gasteiger partial charge in [-0.25, -0.2) is 17.2 Å². The Bertz CT molecular complexity index is 814. The van der Waals surface area contributed by atoms with Crippen LogP contribution in [0, 0.1) is 23.0 Å². The molecule has 152 valence electrons. The molecule has 2 aliphatic rings. The fourth-order valence-corrected chi connectivity index (χ4v) is 4.76. The molecule has 1 aromatic carbocycles. The van der Waals surface area contributed by atoms with E-state index in [0.717, 1.165) is 38.4 Å². The van der Waals surface area contributed by atoms with Crippen molar-refractivity contribution in [2.24, 2.45) is 11.3 Å². The highest BCUT2D eigenvalue weighted by Crippen LogP contribution is 2.58. The SMILES string of the molecule is CCCS(=O)(=O)Nc1cc(NC(=O)C2CC23CCNCC3)c(F)cc1F.Cl. The van der Waals surface area contributed by atoms with Crippen LogP contribution in [0.5, 0.6) is 0 Å². The molecule has 3 N–H and O–H groups in total. The normalized spacial score (nSPS) is 20.6. The summed E-state index contributed by atoms with van der Waals surface area (Å²) >= 11 is 0. The number of sulfonamides is 1. The standard InChI is InChI=1S/C17H23F2N3O3S.ClH/c1-2-7-26(24,25)22-15-9-14(12(18)8-13(15)19)21-16(23)11-10-17(11)3-5-20-6-4-17;/h8-9,11,20,22H,2-7,10H2,1H3,(H,21,23);1H. The van der Waals surface area contributed by atoms with Gasteiger partial charge in [0.25, 0.3) is 0 Å². The van der Waals surface area contributed by atoms with Crippen LogP contribution in [0.3, 0.4) is 0 Å². The van der Waals surface area contributed by atoms with Gasteiger partial charge in [-0.15, -0.1) is 12.4 Å². The van der Waals surface area contributed by atoms with Crippen LogP contribution in [0.4, 0.5) is 20.2 Å². The average Bonchev–Trinajstić information content (AvgIpc) is 3.25. The smallest absolute Gasteiger partial charge is 0.232 e. The van der Waals surface area contributed by atoms with Gasteiger partial charge in [-0.05, 0) is 50.3 Å². The molecule has 1 heterocycles. The predicted octanol–water partition coefficient (Wildman–Crippen LogP) is 2.87. The van der Waals surface area contributed by atoms with E-state index >= 15 is 0 Å². The third-order valence-electron chi connectivity index (χ3n) is 5.16. The van der Waals surface area contributed by atoms with Gasteiger partial charge in [0.2, 0.25) is 15.9 Å². The van der Waals surface area contributed by atoms with Crippen LogP contribution in [0.1, 0.15) is 32.6 Å². The van der Waals surface area contributed by atoms with E-state index in [-0.39, 0.29) is 46.8 Å². The molecule has 1 aliphatic heterocycles. The largest absolute Gasteiger partial charge is 0.323 e. The van der Waals surface area contributed by atoms with Crippen molar-refractivity contribution in [2.45, 2.75) is 32.6 Å². The number of hydrogen-bond acceptors (Lipinski definition) is 4. The van der Waals surface area contributed by atoms with Gasteiger partial charge in [0.1, 0.15) is 11.6 Å². The lowest BCUT2D eigenvalue weighted by molar-refractivity contribution is -0.118. The highest BCUT2D eigenvalue weighted by atomic mass is 35.5. The van der Waals surface area contributed by atoms with Crippen molar-refractivity contribution < 1.29 is 22.0 Å². The Morgan fingerprint density at radius 3 is 2.48 bits per heavy atom. The lowest BCUT2D eigenvalue weighted by Gasteiger charge is -2.23. The molecule has 1 atom stereocenters. The summed E-state index contributed by atoms with van der Waals surface area (Å²) in [5, 5.41) is 5.74. The number of piperidine rings is 1. The summed E-state index contributed by atoms with van der Waals surface area (Å²) in [6.07, 6.45) is 2.93. The second kappa shape index (κ2) is 8.28. The highest BCUT2D eigenvalue weighted by Gasteiger charge is 2.57. The molecule has 1 aromatic rings. The Morgan fingerprint density at radius 1 is 1.22 bits per heavy atom. The van der Waals surface area contributed by atoms with E-state index in [0.29, 0.717) is 12.5 Å². The minimum Gasteiger partial charge on any atom is -0.323 e. The molecular formula is C17H24ClF2N3O3S. The molecule has 1 amide bonds. The van der Waals surface area contributed by atoms with E-state index in [1.807, 2.05) is 0 Å². The Labute approximate surface area is 163 Å². The molecule has 6 nitrogen and oxygen atoms in total. The fourth-order valence-electron chi connectivity index (χ4n) is 3.63. The summed E-state index contributed by atoms with van der Waals surface area (Å²) in [6.45, 7) is 3.40. The zero-order chi connectivity index (χ0) is 18.9. The molecule has 1 unspecified atom stereocenters. The first-order chi connectivity index (χ1) is 12.3. The van der Waals surface area contributed by atoms with Gasteiger partial charge >= 0.3 is 0 Å². The van der Waals surface area contributed by atoms with Crippen molar-refractivity contribution in [2.75, 3.05) is 28.9 Å². The molecule has 1 aliphatic carbocycles. The summed E-state index contributed by atoms with van der Waals surface area (Å²) in [5.41, 5.74) is -0.610. The van der Waals surface area contributed by atoms with Gasteiger partial charge in [-0.1, -0.05) is 6.92 Å². The molecule has 3 rings (SSSR count). The van der Waals surface area contributed by atoms with Crippen molar-refractivity contribution in [3.05, 3.63) is 23.8 Å². The number of carbonyl (C=O) groups is 1. The molecule has 1 saturated heterocycles. The van der Waals surface area contributed by atoms with Gasteiger partial charge in [0.05, 0.1) is 17.1 Å². The van der Waals surface area contributed by atoms with Gasteiger partial charge < -0.3 is 10.6 Å². The minimum absolute atomic E-state index is 0. The lowest BCUT2D eigenvalue weighted by Crippen LogP contribution is -2.31. The summed E-state index contributed by atoms with van der Waals surface area (Å²) in [7, 11) is -3.72. The van der Waals surface area contributed by atoms with Gasteiger partial charge in [-0.3, -0.25) is 9.52 Å². The zero-order valence-electron chi connectivity index (χ0n) is 15.0. The van der Waals surface area contributed by atoms with Crippen LogP contribution < -0.4 is 15.4 Å². The van der Waals surface area contributed by atoms with Crippen LogP contribution in [0.2, 0.25) is 0 Å².